The lowest BCUT2D eigenvalue weighted by Crippen LogP contribution is -2.42. The third kappa shape index (κ3) is 3.48. The molecule has 2 aromatic rings. The zero-order chi connectivity index (χ0) is 17.9. The Morgan fingerprint density at radius 1 is 1.27 bits per heavy atom. The molecule has 1 atom stereocenters. The zero-order valence-corrected chi connectivity index (χ0v) is 14.6. The number of carbonyl (C=O) groups is 1. The SMILES string of the molecule is O=C1Cc2cc(CNc3cc(N4CCCCC4CO)ncn3)ccc2N1. The number of rotatable bonds is 5. The largest absolute Gasteiger partial charge is 0.394 e. The molecule has 1 fully saturated rings. The molecule has 1 saturated heterocycles. The van der Waals surface area contributed by atoms with Crippen LogP contribution in [0.1, 0.15) is 30.4 Å². The van der Waals surface area contributed by atoms with Crippen molar-refractivity contribution in [3.05, 3.63) is 41.7 Å². The normalized spacial score (nSPS) is 19.2. The molecule has 7 heteroatoms. The molecule has 0 bridgehead atoms. The van der Waals surface area contributed by atoms with Crippen molar-refractivity contribution in [2.75, 3.05) is 28.7 Å². The molecule has 1 unspecified atom stereocenters. The van der Waals surface area contributed by atoms with Crippen LogP contribution in [0.5, 0.6) is 0 Å². The van der Waals surface area contributed by atoms with Gasteiger partial charge in [0.2, 0.25) is 5.91 Å². The first-order chi connectivity index (χ1) is 12.7. The minimum absolute atomic E-state index is 0.0468. The molecule has 1 aromatic carbocycles. The molecule has 2 aliphatic rings. The summed E-state index contributed by atoms with van der Waals surface area (Å²) >= 11 is 0. The van der Waals surface area contributed by atoms with Crippen molar-refractivity contribution >= 4 is 23.2 Å². The molecule has 3 N–H and O–H groups in total. The van der Waals surface area contributed by atoms with E-state index in [1.165, 1.54) is 0 Å². The van der Waals surface area contributed by atoms with E-state index in [0.29, 0.717) is 13.0 Å². The monoisotopic (exact) mass is 353 g/mol. The highest BCUT2D eigenvalue weighted by Gasteiger charge is 2.23. The number of amides is 1. The van der Waals surface area contributed by atoms with Gasteiger partial charge < -0.3 is 20.6 Å². The highest BCUT2D eigenvalue weighted by Crippen LogP contribution is 2.26. The summed E-state index contributed by atoms with van der Waals surface area (Å²) in [4.78, 5) is 22.3. The van der Waals surface area contributed by atoms with Gasteiger partial charge in [-0.2, -0.15) is 0 Å². The topological polar surface area (TPSA) is 90.4 Å². The predicted octanol–water partition coefficient (Wildman–Crippen LogP) is 1.93. The third-order valence-electron chi connectivity index (χ3n) is 5.05. The van der Waals surface area contributed by atoms with Gasteiger partial charge in [-0.3, -0.25) is 4.79 Å². The number of nitrogens with zero attached hydrogens (tertiary/aromatic N) is 3. The Morgan fingerprint density at radius 3 is 3.08 bits per heavy atom. The van der Waals surface area contributed by atoms with Gasteiger partial charge in [0, 0.05) is 24.8 Å². The van der Waals surface area contributed by atoms with Gasteiger partial charge in [0.25, 0.3) is 0 Å². The van der Waals surface area contributed by atoms with Crippen LogP contribution in [-0.2, 0) is 17.8 Å². The quantitative estimate of drug-likeness (QED) is 0.761. The second-order valence-electron chi connectivity index (χ2n) is 6.86. The minimum atomic E-state index is 0.0468. The molecule has 7 nitrogen and oxygen atoms in total. The number of hydrogen-bond acceptors (Lipinski definition) is 6. The number of aromatic nitrogens is 2. The van der Waals surface area contributed by atoms with Crippen LogP contribution in [0.25, 0.3) is 0 Å². The van der Waals surface area contributed by atoms with E-state index in [2.05, 4.69) is 31.6 Å². The summed E-state index contributed by atoms with van der Waals surface area (Å²) in [5, 5.41) is 15.8. The van der Waals surface area contributed by atoms with Crippen LogP contribution >= 0.6 is 0 Å². The van der Waals surface area contributed by atoms with Crippen LogP contribution < -0.4 is 15.5 Å². The number of benzene rings is 1. The van der Waals surface area contributed by atoms with Gasteiger partial charge in [0.15, 0.2) is 0 Å². The van der Waals surface area contributed by atoms with E-state index in [-0.39, 0.29) is 18.6 Å². The minimum Gasteiger partial charge on any atom is -0.394 e. The maximum atomic E-state index is 11.5. The number of anilines is 3. The molecule has 0 saturated carbocycles. The number of carbonyl (C=O) groups excluding carboxylic acids is 1. The van der Waals surface area contributed by atoms with Crippen molar-refractivity contribution in [1.29, 1.82) is 0 Å². The Morgan fingerprint density at radius 2 is 2.19 bits per heavy atom. The van der Waals surface area contributed by atoms with Crippen molar-refractivity contribution in [2.45, 2.75) is 38.3 Å². The lowest BCUT2D eigenvalue weighted by Gasteiger charge is -2.35. The van der Waals surface area contributed by atoms with Gasteiger partial charge in [-0.1, -0.05) is 12.1 Å². The van der Waals surface area contributed by atoms with Crippen LogP contribution in [0.3, 0.4) is 0 Å². The summed E-state index contributed by atoms with van der Waals surface area (Å²) in [7, 11) is 0. The summed E-state index contributed by atoms with van der Waals surface area (Å²) in [5.41, 5.74) is 3.05. The lowest BCUT2D eigenvalue weighted by atomic mass is 10.0. The smallest absolute Gasteiger partial charge is 0.228 e. The van der Waals surface area contributed by atoms with E-state index in [9.17, 15) is 9.90 Å². The van der Waals surface area contributed by atoms with Gasteiger partial charge >= 0.3 is 0 Å². The summed E-state index contributed by atoms with van der Waals surface area (Å²) in [6.45, 7) is 1.68. The molecule has 26 heavy (non-hydrogen) atoms. The molecule has 3 heterocycles. The number of nitrogens with one attached hydrogen (secondary N) is 2. The number of aliphatic hydroxyl groups excluding tert-OH is 1. The highest BCUT2D eigenvalue weighted by molar-refractivity contribution is 5.99. The molecular weight excluding hydrogens is 330 g/mol. The summed E-state index contributed by atoms with van der Waals surface area (Å²) in [5.74, 6) is 1.66. The molecule has 1 aromatic heterocycles. The second kappa shape index (κ2) is 7.29. The summed E-state index contributed by atoms with van der Waals surface area (Å²) in [6, 6.07) is 8.07. The van der Waals surface area contributed by atoms with Crippen molar-refractivity contribution in [1.82, 2.24) is 9.97 Å². The number of hydrogen-bond donors (Lipinski definition) is 3. The van der Waals surface area contributed by atoms with Crippen molar-refractivity contribution in [2.24, 2.45) is 0 Å². The van der Waals surface area contributed by atoms with Gasteiger partial charge in [-0.05, 0) is 36.5 Å². The summed E-state index contributed by atoms with van der Waals surface area (Å²) < 4.78 is 0. The average molecular weight is 353 g/mol. The highest BCUT2D eigenvalue weighted by atomic mass is 16.3. The van der Waals surface area contributed by atoms with Crippen LogP contribution in [0.15, 0.2) is 30.6 Å². The Hall–Kier alpha value is -2.67. The van der Waals surface area contributed by atoms with Gasteiger partial charge in [-0.25, -0.2) is 9.97 Å². The Kier molecular flexibility index (Phi) is 4.71. The molecule has 0 spiro atoms. The first-order valence-corrected chi connectivity index (χ1v) is 9.08. The van der Waals surface area contributed by atoms with E-state index < -0.39 is 0 Å². The Bertz CT molecular complexity index is 810. The second-order valence-corrected chi connectivity index (χ2v) is 6.86. The first kappa shape index (κ1) is 16.8. The number of piperidine rings is 1. The van der Waals surface area contributed by atoms with Crippen LogP contribution in [0, 0.1) is 0 Å². The van der Waals surface area contributed by atoms with Gasteiger partial charge in [0.05, 0.1) is 19.1 Å². The van der Waals surface area contributed by atoms with Crippen molar-refractivity contribution in [3.63, 3.8) is 0 Å². The molecule has 0 aliphatic carbocycles. The van der Waals surface area contributed by atoms with E-state index in [1.54, 1.807) is 6.33 Å². The lowest BCUT2D eigenvalue weighted by molar-refractivity contribution is -0.115. The molecule has 4 rings (SSSR count). The Labute approximate surface area is 152 Å². The molecule has 0 radical (unpaired) electrons. The van der Waals surface area contributed by atoms with Crippen molar-refractivity contribution < 1.29 is 9.90 Å². The van der Waals surface area contributed by atoms with E-state index >= 15 is 0 Å². The van der Waals surface area contributed by atoms with Crippen molar-refractivity contribution in [3.8, 4) is 0 Å². The standard InChI is InChI=1S/C19H23N5O2/c25-11-15-3-1-2-6-24(15)18-9-17(21-12-22-18)20-10-13-4-5-16-14(7-13)8-19(26)23-16/h4-5,7,9,12,15,25H,1-3,6,8,10-11H2,(H,23,26)(H,20,21,22). The van der Waals surface area contributed by atoms with E-state index in [1.807, 2.05) is 18.2 Å². The fraction of sp³-hybridized carbons (Fsp3) is 0.421. The molecule has 1 amide bonds. The fourth-order valence-corrected chi connectivity index (χ4v) is 3.68. The Balaban J connectivity index is 1.44. The maximum Gasteiger partial charge on any atom is 0.228 e. The molecule has 136 valence electrons. The average Bonchev–Trinajstić information content (AvgIpc) is 3.06. The van der Waals surface area contributed by atoms with Crippen LogP contribution in [-0.4, -0.2) is 40.2 Å². The first-order valence-electron chi connectivity index (χ1n) is 9.08. The fourth-order valence-electron chi connectivity index (χ4n) is 3.68. The predicted molar refractivity (Wildman–Crippen MR) is 100 cm³/mol. The number of aliphatic hydroxyl groups is 1. The van der Waals surface area contributed by atoms with Crippen LogP contribution in [0.4, 0.5) is 17.3 Å². The maximum absolute atomic E-state index is 11.5. The third-order valence-corrected chi connectivity index (χ3v) is 5.05. The van der Waals surface area contributed by atoms with E-state index in [4.69, 9.17) is 0 Å². The van der Waals surface area contributed by atoms with Gasteiger partial charge in [0.1, 0.15) is 18.0 Å². The zero-order valence-electron chi connectivity index (χ0n) is 14.6. The summed E-state index contributed by atoms with van der Waals surface area (Å²) in [6.07, 6.45) is 5.26. The molecular formula is C19H23N5O2. The number of fused-ring (bicyclic) bond motifs is 1. The van der Waals surface area contributed by atoms with Crippen LogP contribution in [0.2, 0.25) is 0 Å². The van der Waals surface area contributed by atoms with E-state index in [0.717, 1.165) is 54.3 Å². The van der Waals surface area contributed by atoms with Gasteiger partial charge in [-0.15, -0.1) is 0 Å². The molecule has 2 aliphatic heterocycles.